The molecule has 0 radical (unpaired) electrons. The number of aromatic nitrogens is 2. The summed E-state index contributed by atoms with van der Waals surface area (Å²) in [5.74, 6) is 1.23. The number of halogens is 1. The second-order valence-corrected chi connectivity index (χ2v) is 5.91. The lowest BCUT2D eigenvalue weighted by atomic mass is 10.0. The molecule has 0 atom stereocenters. The van der Waals surface area contributed by atoms with Gasteiger partial charge in [0.05, 0.1) is 27.6 Å². The number of benzene rings is 1. The number of nitrogen functional groups attached to an aromatic ring is 1. The summed E-state index contributed by atoms with van der Waals surface area (Å²) in [6, 6.07) is 11.5. The summed E-state index contributed by atoms with van der Waals surface area (Å²) in [6.07, 6.45) is 0. The van der Waals surface area contributed by atoms with E-state index in [1.165, 1.54) is 11.3 Å². The summed E-state index contributed by atoms with van der Waals surface area (Å²) >= 11 is 7.48. The Labute approximate surface area is 125 Å². The van der Waals surface area contributed by atoms with Crippen molar-refractivity contribution in [2.45, 2.75) is 0 Å². The lowest BCUT2D eigenvalue weighted by molar-refractivity contribution is 0.415. The number of nitrogens with one attached hydrogen (secondary N) is 1. The number of anilines is 1. The van der Waals surface area contributed by atoms with Crippen molar-refractivity contribution >= 4 is 28.8 Å². The van der Waals surface area contributed by atoms with Crippen LogP contribution in [0, 0.1) is 0 Å². The highest BCUT2D eigenvalue weighted by molar-refractivity contribution is 7.19. The van der Waals surface area contributed by atoms with Crippen LogP contribution in [-0.2, 0) is 0 Å². The van der Waals surface area contributed by atoms with Crippen LogP contribution >= 0.6 is 22.9 Å². The number of rotatable bonds is 3. The van der Waals surface area contributed by atoms with E-state index in [0.717, 1.165) is 31.8 Å². The van der Waals surface area contributed by atoms with Gasteiger partial charge in [0.2, 0.25) is 0 Å². The largest absolute Gasteiger partial charge is 0.497 e. The number of ether oxygens (including phenoxy) is 1. The van der Waals surface area contributed by atoms with Crippen molar-refractivity contribution in [1.29, 1.82) is 0 Å². The Bertz CT molecular complexity index is 750. The number of hydrogen-bond acceptors (Lipinski definition) is 4. The first-order chi connectivity index (χ1) is 9.69. The predicted octanol–water partition coefficient (Wildman–Crippen LogP) is 4.05. The van der Waals surface area contributed by atoms with Crippen molar-refractivity contribution in [3.05, 3.63) is 40.7 Å². The molecule has 0 aliphatic carbocycles. The first-order valence-electron chi connectivity index (χ1n) is 5.93. The molecule has 2 heterocycles. The van der Waals surface area contributed by atoms with Crippen molar-refractivity contribution in [1.82, 2.24) is 10.2 Å². The highest BCUT2D eigenvalue weighted by Crippen LogP contribution is 2.39. The quantitative estimate of drug-likeness (QED) is 0.767. The molecule has 1 aromatic carbocycles. The van der Waals surface area contributed by atoms with E-state index in [-0.39, 0.29) is 0 Å². The van der Waals surface area contributed by atoms with Crippen molar-refractivity contribution < 1.29 is 4.74 Å². The molecule has 3 aromatic rings. The SMILES string of the molecule is COc1cccc(-c2c(N)n[nH]c2-c2ccc(Cl)s2)c1. The molecule has 0 saturated carbocycles. The molecule has 102 valence electrons. The highest BCUT2D eigenvalue weighted by Gasteiger charge is 2.16. The molecule has 4 nitrogen and oxygen atoms in total. The summed E-state index contributed by atoms with van der Waals surface area (Å²) in [5, 5.41) is 7.09. The van der Waals surface area contributed by atoms with E-state index in [1.54, 1.807) is 7.11 Å². The van der Waals surface area contributed by atoms with Gasteiger partial charge in [0.15, 0.2) is 5.82 Å². The third-order valence-corrected chi connectivity index (χ3v) is 4.22. The minimum absolute atomic E-state index is 0.456. The monoisotopic (exact) mass is 305 g/mol. The van der Waals surface area contributed by atoms with Gasteiger partial charge in [-0.05, 0) is 29.8 Å². The smallest absolute Gasteiger partial charge is 0.153 e. The fourth-order valence-corrected chi connectivity index (χ4v) is 3.10. The number of hydrogen-bond donors (Lipinski definition) is 2. The van der Waals surface area contributed by atoms with Crippen LogP contribution in [0.3, 0.4) is 0 Å². The van der Waals surface area contributed by atoms with Gasteiger partial charge in [-0.1, -0.05) is 23.7 Å². The van der Waals surface area contributed by atoms with Gasteiger partial charge >= 0.3 is 0 Å². The molecule has 2 aromatic heterocycles. The molecule has 0 spiro atoms. The van der Waals surface area contributed by atoms with E-state index in [0.29, 0.717) is 5.82 Å². The van der Waals surface area contributed by atoms with Crippen LogP contribution in [0.1, 0.15) is 0 Å². The predicted molar refractivity (Wildman–Crippen MR) is 83.3 cm³/mol. The molecule has 0 aliphatic rings. The van der Waals surface area contributed by atoms with Gasteiger partial charge in [-0.15, -0.1) is 11.3 Å². The maximum Gasteiger partial charge on any atom is 0.153 e. The Morgan fingerprint density at radius 1 is 1.30 bits per heavy atom. The van der Waals surface area contributed by atoms with Gasteiger partial charge in [0, 0.05) is 0 Å². The minimum Gasteiger partial charge on any atom is -0.497 e. The van der Waals surface area contributed by atoms with E-state index in [2.05, 4.69) is 10.2 Å². The molecule has 0 aliphatic heterocycles. The van der Waals surface area contributed by atoms with E-state index in [9.17, 15) is 0 Å². The van der Waals surface area contributed by atoms with Crippen molar-refractivity contribution in [3.8, 4) is 27.4 Å². The lowest BCUT2D eigenvalue weighted by Gasteiger charge is -2.05. The Morgan fingerprint density at radius 3 is 2.85 bits per heavy atom. The van der Waals surface area contributed by atoms with E-state index in [4.69, 9.17) is 22.1 Å². The molecule has 0 unspecified atom stereocenters. The van der Waals surface area contributed by atoms with Crippen molar-refractivity contribution in [2.24, 2.45) is 0 Å². The molecule has 20 heavy (non-hydrogen) atoms. The van der Waals surface area contributed by atoms with Crippen LogP contribution in [0.5, 0.6) is 5.75 Å². The molecular weight excluding hydrogens is 294 g/mol. The van der Waals surface area contributed by atoms with Crippen LogP contribution in [0.15, 0.2) is 36.4 Å². The summed E-state index contributed by atoms with van der Waals surface area (Å²) in [4.78, 5) is 0.997. The van der Waals surface area contributed by atoms with Gasteiger partial charge in [-0.25, -0.2) is 0 Å². The molecule has 6 heteroatoms. The van der Waals surface area contributed by atoms with E-state index >= 15 is 0 Å². The first-order valence-corrected chi connectivity index (χ1v) is 7.12. The van der Waals surface area contributed by atoms with Crippen LogP contribution in [0.25, 0.3) is 21.7 Å². The molecule has 3 N–H and O–H groups in total. The fourth-order valence-electron chi connectivity index (χ4n) is 2.05. The zero-order valence-corrected chi connectivity index (χ0v) is 12.3. The van der Waals surface area contributed by atoms with Gasteiger partial charge in [-0.3, -0.25) is 5.10 Å². The second-order valence-electron chi connectivity index (χ2n) is 4.19. The Balaban J connectivity index is 2.15. The normalized spacial score (nSPS) is 10.7. The zero-order valence-electron chi connectivity index (χ0n) is 10.7. The van der Waals surface area contributed by atoms with Crippen LogP contribution < -0.4 is 10.5 Å². The summed E-state index contributed by atoms with van der Waals surface area (Å²) < 4.78 is 5.98. The second kappa shape index (κ2) is 5.19. The number of methoxy groups -OCH3 is 1. The van der Waals surface area contributed by atoms with Crippen molar-refractivity contribution in [3.63, 3.8) is 0 Å². The first kappa shape index (κ1) is 13.0. The fraction of sp³-hybridized carbons (Fsp3) is 0.0714. The van der Waals surface area contributed by atoms with E-state index in [1.807, 2.05) is 36.4 Å². The molecule has 3 rings (SSSR count). The number of thiophene rings is 1. The Morgan fingerprint density at radius 2 is 2.15 bits per heavy atom. The Hall–Kier alpha value is -1.98. The number of H-pyrrole nitrogens is 1. The maximum atomic E-state index is 6.00. The maximum absolute atomic E-state index is 6.00. The molecule has 0 fully saturated rings. The number of nitrogens with zero attached hydrogens (tertiary/aromatic N) is 1. The van der Waals surface area contributed by atoms with Crippen LogP contribution in [0.2, 0.25) is 4.34 Å². The molecule has 0 saturated heterocycles. The topological polar surface area (TPSA) is 63.9 Å². The van der Waals surface area contributed by atoms with Gasteiger partial charge < -0.3 is 10.5 Å². The third kappa shape index (κ3) is 2.26. The number of aromatic amines is 1. The van der Waals surface area contributed by atoms with Crippen LogP contribution in [-0.4, -0.2) is 17.3 Å². The van der Waals surface area contributed by atoms with Gasteiger partial charge in [0.1, 0.15) is 5.75 Å². The van der Waals surface area contributed by atoms with E-state index < -0.39 is 0 Å². The molecule has 0 amide bonds. The zero-order chi connectivity index (χ0) is 14.1. The molecule has 0 bridgehead atoms. The summed E-state index contributed by atoms with van der Waals surface area (Å²) in [5.41, 5.74) is 8.68. The average Bonchev–Trinajstić information content (AvgIpc) is 3.05. The minimum atomic E-state index is 0.456. The molecular formula is C14H12ClN3OS. The average molecular weight is 306 g/mol. The standard InChI is InChI=1S/C14H12ClN3OS/c1-19-9-4-2-3-8(7-9)12-13(17-18-14(12)16)10-5-6-11(15)20-10/h2-7H,1H3,(H3,16,17,18). The van der Waals surface area contributed by atoms with Crippen LogP contribution in [0.4, 0.5) is 5.82 Å². The van der Waals surface area contributed by atoms with Crippen molar-refractivity contribution in [2.75, 3.05) is 12.8 Å². The highest BCUT2D eigenvalue weighted by atomic mass is 35.5. The third-order valence-electron chi connectivity index (χ3n) is 2.97. The van der Waals surface area contributed by atoms with Gasteiger partial charge in [0.25, 0.3) is 0 Å². The summed E-state index contributed by atoms with van der Waals surface area (Å²) in [6.45, 7) is 0. The van der Waals surface area contributed by atoms with Gasteiger partial charge in [-0.2, -0.15) is 5.10 Å². The Kier molecular flexibility index (Phi) is 3.38. The number of nitrogens with two attached hydrogens (primary N) is 1. The summed E-state index contributed by atoms with van der Waals surface area (Å²) in [7, 11) is 1.64. The lowest BCUT2D eigenvalue weighted by Crippen LogP contribution is -1.89.